The summed E-state index contributed by atoms with van der Waals surface area (Å²) in [6.45, 7) is 7.01. The molecule has 4 heterocycles. The van der Waals surface area contributed by atoms with Crippen LogP contribution in [0.3, 0.4) is 0 Å². The Balaban J connectivity index is 1.46. The van der Waals surface area contributed by atoms with Gasteiger partial charge in [0.1, 0.15) is 17.6 Å². The van der Waals surface area contributed by atoms with Crippen LogP contribution in [-0.2, 0) is 17.8 Å². The third-order valence-electron chi connectivity index (χ3n) is 7.55. The Bertz CT molecular complexity index is 1080. The Morgan fingerprint density at radius 2 is 2.03 bits per heavy atom. The Morgan fingerprint density at radius 3 is 2.73 bits per heavy atom. The number of fused-ring (bicyclic) bond motifs is 1. The van der Waals surface area contributed by atoms with Crippen LogP contribution in [0.1, 0.15) is 83.4 Å². The highest BCUT2D eigenvalue weighted by Gasteiger charge is 2.34. The number of carbonyl (C=O) groups excluding carboxylic acids is 1. The zero-order chi connectivity index (χ0) is 22.9. The van der Waals surface area contributed by atoms with Gasteiger partial charge in [0.05, 0.1) is 36.3 Å². The molecule has 0 spiro atoms. The lowest BCUT2D eigenvalue weighted by Gasteiger charge is -2.41. The summed E-state index contributed by atoms with van der Waals surface area (Å²) < 4.78 is 11.1. The number of ether oxygens (including phenoxy) is 1. The lowest BCUT2D eigenvalue weighted by atomic mass is 9.82. The molecular weight excluding hydrogens is 416 g/mol. The van der Waals surface area contributed by atoms with E-state index in [2.05, 4.69) is 17.9 Å². The average Bonchev–Trinajstić information content (AvgIpc) is 3.28. The van der Waals surface area contributed by atoms with Gasteiger partial charge < -0.3 is 19.0 Å². The van der Waals surface area contributed by atoms with E-state index in [1.54, 1.807) is 12.3 Å². The third kappa shape index (κ3) is 4.02. The van der Waals surface area contributed by atoms with E-state index in [1.165, 1.54) is 19.3 Å². The minimum atomic E-state index is 0.00592. The van der Waals surface area contributed by atoms with E-state index in [0.29, 0.717) is 55.7 Å². The molecular formula is C26H32N4O3. The number of rotatable bonds is 3. The van der Waals surface area contributed by atoms with Gasteiger partial charge in [-0.15, -0.1) is 0 Å². The molecule has 2 aromatic heterocycles. The maximum absolute atomic E-state index is 13.1. The number of piperazine rings is 1. The Hall–Kier alpha value is -2.85. The fourth-order valence-electron chi connectivity index (χ4n) is 5.74. The van der Waals surface area contributed by atoms with Gasteiger partial charge in [-0.05, 0) is 44.7 Å². The highest BCUT2D eigenvalue weighted by Crippen LogP contribution is 2.39. The van der Waals surface area contributed by atoms with Crippen molar-refractivity contribution in [1.82, 2.24) is 9.88 Å². The predicted molar refractivity (Wildman–Crippen MR) is 124 cm³/mol. The van der Waals surface area contributed by atoms with E-state index >= 15 is 0 Å². The molecule has 2 aliphatic heterocycles. The molecule has 1 atom stereocenters. The lowest BCUT2D eigenvalue weighted by molar-refractivity contribution is 0.0671. The zero-order valence-electron chi connectivity index (χ0n) is 19.6. The van der Waals surface area contributed by atoms with Crippen molar-refractivity contribution in [2.45, 2.75) is 70.9 Å². The average molecular weight is 449 g/mol. The van der Waals surface area contributed by atoms with E-state index in [9.17, 15) is 10.1 Å². The van der Waals surface area contributed by atoms with Crippen LogP contribution >= 0.6 is 0 Å². The summed E-state index contributed by atoms with van der Waals surface area (Å²) >= 11 is 0. The largest absolute Gasteiger partial charge is 0.469 e. The molecule has 1 aliphatic carbocycles. The second-order valence-corrected chi connectivity index (χ2v) is 9.59. The Kier molecular flexibility index (Phi) is 6.11. The summed E-state index contributed by atoms with van der Waals surface area (Å²) in [5.74, 6) is 1.91. The number of anilines is 1. The van der Waals surface area contributed by atoms with E-state index in [4.69, 9.17) is 14.1 Å². The lowest BCUT2D eigenvalue weighted by Crippen LogP contribution is -2.54. The van der Waals surface area contributed by atoms with Gasteiger partial charge in [0, 0.05) is 37.2 Å². The monoisotopic (exact) mass is 448 g/mol. The molecule has 3 aliphatic rings. The summed E-state index contributed by atoms with van der Waals surface area (Å²) in [4.78, 5) is 22.4. The van der Waals surface area contributed by atoms with Crippen LogP contribution in [0.15, 0.2) is 16.7 Å². The van der Waals surface area contributed by atoms with Crippen molar-refractivity contribution in [2.24, 2.45) is 0 Å². The van der Waals surface area contributed by atoms with Crippen LogP contribution in [0.4, 0.5) is 5.82 Å². The molecule has 0 bridgehead atoms. The normalized spacial score (nSPS) is 21.5. The first-order valence-electron chi connectivity index (χ1n) is 12.2. The van der Waals surface area contributed by atoms with Crippen LogP contribution in [-0.4, -0.2) is 48.1 Å². The number of furan rings is 1. The summed E-state index contributed by atoms with van der Waals surface area (Å²) in [5.41, 5.74) is 4.77. The number of hydrogen-bond acceptors (Lipinski definition) is 6. The number of hydrogen-bond donors (Lipinski definition) is 0. The van der Waals surface area contributed by atoms with Crippen LogP contribution in [0.5, 0.6) is 0 Å². The van der Waals surface area contributed by atoms with Crippen LogP contribution in [0.2, 0.25) is 0 Å². The second kappa shape index (κ2) is 9.18. The molecule has 1 saturated carbocycles. The number of amides is 1. The molecule has 7 nitrogen and oxygen atoms in total. The number of aryl methyl sites for hydroxylation is 1. The second-order valence-electron chi connectivity index (χ2n) is 9.59. The molecule has 0 N–H and O–H groups in total. The first kappa shape index (κ1) is 22.0. The molecule has 2 aromatic rings. The fourth-order valence-corrected chi connectivity index (χ4v) is 5.74. The summed E-state index contributed by atoms with van der Waals surface area (Å²) in [7, 11) is 0. The maximum atomic E-state index is 13.1. The number of nitriles is 1. The van der Waals surface area contributed by atoms with Gasteiger partial charge in [-0.25, -0.2) is 4.98 Å². The Morgan fingerprint density at radius 1 is 1.21 bits per heavy atom. The molecule has 0 unspecified atom stereocenters. The number of nitrogens with zero attached hydrogens (tertiary/aromatic N) is 4. The van der Waals surface area contributed by atoms with Crippen molar-refractivity contribution < 1.29 is 13.9 Å². The fraction of sp³-hybridized carbons (Fsp3) is 0.577. The van der Waals surface area contributed by atoms with E-state index < -0.39 is 0 Å². The van der Waals surface area contributed by atoms with Gasteiger partial charge in [-0.2, -0.15) is 5.26 Å². The van der Waals surface area contributed by atoms with Gasteiger partial charge in [0.2, 0.25) is 0 Å². The van der Waals surface area contributed by atoms with Gasteiger partial charge in [0.25, 0.3) is 5.91 Å². The molecule has 0 aromatic carbocycles. The zero-order valence-corrected chi connectivity index (χ0v) is 19.6. The first-order chi connectivity index (χ1) is 16.1. The highest BCUT2D eigenvalue weighted by molar-refractivity contribution is 5.95. The molecule has 33 heavy (non-hydrogen) atoms. The van der Waals surface area contributed by atoms with Crippen molar-refractivity contribution in [3.05, 3.63) is 46.0 Å². The van der Waals surface area contributed by atoms with E-state index in [0.717, 1.165) is 41.9 Å². The minimum absolute atomic E-state index is 0.00592. The number of pyridine rings is 1. The molecule has 5 rings (SSSR count). The SMILES string of the molecule is Cc1occc1C(=O)N1CCN(c2nc(C3CCCCC3)c3c(c2C#N)CCOC3)C[C@H]1C. The van der Waals surface area contributed by atoms with Crippen molar-refractivity contribution in [2.75, 3.05) is 31.1 Å². The first-order valence-corrected chi connectivity index (χ1v) is 12.2. The van der Waals surface area contributed by atoms with Crippen LogP contribution in [0, 0.1) is 18.3 Å². The Labute approximate surface area is 195 Å². The maximum Gasteiger partial charge on any atom is 0.257 e. The molecule has 7 heteroatoms. The van der Waals surface area contributed by atoms with Crippen molar-refractivity contribution in [3.63, 3.8) is 0 Å². The summed E-state index contributed by atoms with van der Waals surface area (Å²) in [6, 6.07) is 4.23. The van der Waals surface area contributed by atoms with Gasteiger partial charge in [0.15, 0.2) is 0 Å². The summed E-state index contributed by atoms with van der Waals surface area (Å²) in [6.07, 6.45) is 8.42. The number of carbonyl (C=O) groups is 1. The van der Waals surface area contributed by atoms with Crippen molar-refractivity contribution in [1.29, 1.82) is 5.26 Å². The van der Waals surface area contributed by atoms with Gasteiger partial charge >= 0.3 is 0 Å². The quantitative estimate of drug-likeness (QED) is 0.695. The molecule has 174 valence electrons. The molecule has 1 saturated heterocycles. The third-order valence-corrected chi connectivity index (χ3v) is 7.55. The smallest absolute Gasteiger partial charge is 0.257 e. The summed E-state index contributed by atoms with van der Waals surface area (Å²) in [5, 5.41) is 10.1. The van der Waals surface area contributed by atoms with E-state index in [1.807, 2.05) is 11.8 Å². The minimum Gasteiger partial charge on any atom is -0.469 e. The predicted octanol–water partition coefficient (Wildman–Crippen LogP) is 4.33. The molecule has 2 fully saturated rings. The van der Waals surface area contributed by atoms with Crippen molar-refractivity contribution in [3.8, 4) is 6.07 Å². The molecule has 1 amide bonds. The van der Waals surface area contributed by atoms with Crippen LogP contribution in [0.25, 0.3) is 0 Å². The van der Waals surface area contributed by atoms with Crippen LogP contribution < -0.4 is 4.90 Å². The van der Waals surface area contributed by atoms with Gasteiger partial charge in [-0.1, -0.05) is 19.3 Å². The number of aromatic nitrogens is 1. The van der Waals surface area contributed by atoms with Gasteiger partial charge in [-0.3, -0.25) is 4.79 Å². The molecule has 0 radical (unpaired) electrons. The standard InChI is InChI=1S/C26H32N4O3/c1-17-15-29(10-11-30(17)26(31)20-9-13-33-18(20)2)25-22(14-27)21-8-12-32-16-23(21)24(28-25)19-6-4-3-5-7-19/h9,13,17,19H,3-8,10-12,15-16H2,1-2H3/t17-/m1/s1. The van der Waals surface area contributed by atoms with E-state index in [-0.39, 0.29) is 11.9 Å². The highest BCUT2D eigenvalue weighted by atomic mass is 16.5. The topological polar surface area (TPSA) is 82.6 Å². The van der Waals surface area contributed by atoms with Crippen molar-refractivity contribution >= 4 is 11.7 Å².